The molecule has 1 N–H and O–H groups in total. The number of rotatable bonds is 8. The molecule has 0 aliphatic heterocycles. The number of alkyl halides is 2. The van der Waals surface area contributed by atoms with Crippen LogP contribution in [0.15, 0.2) is 41.3 Å². The summed E-state index contributed by atoms with van der Waals surface area (Å²) in [6.07, 6.45) is 1.77. The monoisotopic (exact) mass is 587 g/mol. The van der Waals surface area contributed by atoms with Crippen LogP contribution in [0.5, 0.6) is 0 Å². The van der Waals surface area contributed by atoms with E-state index in [4.69, 9.17) is 0 Å². The molecule has 4 aromatic rings. The van der Waals surface area contributed by atoms with Crippen LogP contribution in [0.25, 0.3) is 10.9 Å². The van der Waals surface area contributed by atoms with Gasteiger partial charge >= 0.3 is 0 Å². The molecule has 0 amide bonds. The zero-order valence-electron chi connectivity index (χ0n) is 21.6. The van der Waals surface area contributed by atoms with Gasteiger partial charge in [-0.1, -0.05) is 32.1 Å². The first-order valence-electron chi connectivity index (χ1n) is 12.5. The molecule has 0 unspecified atom stereocenters. The summed E-state index contributed by atoms with van der Waals surface area (Å²) in [6, 6.07) is 6.99. The molecule has 3 heterocycles. The lowest BCUT2D eigenvalue weighted by Crippen LogP contribution is -2.26. The van der Waals surface area contributed by atoms with Crippen molar-refractivity contribution in [3.05, 3.63) is 69.7 Å². The summed E-state index contributed by atoms with van der Waals surface area (Å²) in [6.45, 7) is 8.87. The highest BCUT2D eigenvalue weighted by atomic mass is 79.9. The van der Waals surface area contributed by atoms with E-state index in [1.165, 1.54) is 17.1 Å². The second kappa shape index (κ2) is 9.91. The molecule has 1 saturated carbocycles. The summed E-state index contributed by atoms with van der Waals surface area (Å²) < 4.78 is 43.5. The molecule has 0 radical (unpaired) electrons. The van der Waals surface area contributed by atoms with Gasteiger partial charge in [0, 0.05) is 34.2 Å². The zero-order valence-corrected chi connectivity index (χ0v) is 23.2. The van der Waals surface area contributed by atoms with Crippen molar-refractivity contribution in [2.45, 2.75) is 64.8 Å². The first-order chi connectivity index (χ1) is 18.0. The fourth-order valence-corrected chi connectivity index (χ4v) is 5.25. The van der Waals surface area contributed by atoms with Gasteiger partial charge in [0.2, 0.25) is 5.95 Å². The molecular weight excluding hydrogens is 559 g/mol. The Kier molecular flexibility index (Phi) is 6.91. The summed E-state index contributed by atoms with van der Waals surface area (Å²) in [5.41, 5.74) is 2.27. The third-order valence-electron chi connectivity index (χ3n) is 6.94. The van der Waals surface area contributed by atoms with Gasteiger partial charge in [0.25, 0.3) is 6.43 Å². The number of halogens is 4. The summed E-state index contributed by atoms with van der Waals surface area (Å²) >= 11 is 3.66. The van der Waals surface area contributed by atoms with Gasteiger partial charge in [-0.15, -0.1) is 5.10 Å². The van der Waals surface area contributed by atoms with Crippen LogP contribution in [-0.4, -0.2) is 42.9 Å². The molecule has 1 fully saturated rings. The Morgan fingerprint density at radius 2 is 1.92 bits per heavy atom. The Hall–Kier alpha value is -3.08. The average molecular weight is 588 g/mol. The van der Waals surface area contributed by atoms with Gasteiger partial charge in [-0.2, -0.15) is 4.39 Å². The molecule has 0 bridgehead atoms. The number of fused-ring (bicyclic) bond motifs is 1. The molecule has 1 aliphatic rings. The highest BCUT2D eigenvalue weighted by Gasteiger charge is 2.54. The van der Waals surface area contributed by atoms with E-state index in [0.717, 1.165) is 38.9 Å². The maximum Gasteiger partial charge on any atom is 0.263 e. The number of benzene rings is 1. The van der Waals surface area contributed by atoms with Crippen molar-refractivity contribution in [2.75, 3.05) is 11.9 Å². The number of aryl methyl sites for hydroxylation is 1. The Balaban J connectivity index is 1.56. The number of nitrogens with one attached hydrogen (secondary N) is 1. The van der Waals surface area contributed by atoms with Gasteiger partial charge < -0.3 is 5.32 Å². The van der Waals surface area contributed by atoms with E-state index in [0.29, 0.717) is 30.7 Å². The van der Waals surface area contributed by atoms with E-state index in [-0.39, 0.29) is 11.3 Å². The molecule has 7 nitrogen and oxygen atoms in total. The lowest BCUT2D eigenvalue weighted by Gasteiger charge is -2.21. The fourth-order valence-electron chi connectivity index (χ4n) is 4.64. The van der Waals surface area contributed by atoms with Crippen LogP contribution in [0.3, 0.4) is 0 Å². The largest absolute Gasteiger partial charge is 0.369 e. The topological polar surface area (TPSA) is 81.4 Å². The van der Waals surface area contributed by atoms with Crippen LogP contribution in [-0.2, 0) is 12.0 Å². The Morgan fingerprint density at radius 3 is 2.58 bits per heavy atom. The Bertz CT molecular complexity index is 1480. The first kappa shape index (κ1) is 26.5. The zero-order chi connectivity index (χ0) is 27.2. The third kappa shape index (κ3) is 5.25. The van der Waals surface area contributed by atoms with Crippen LogP contribution in [0, 0.1) is 18.3 Å². The predicted octanol–water partition coefficient (Wildman–Crippen LogP) is 6.41. The Morgan fingerprint density at radius 1 is 1.16 bits per heavy atom. The van der Waals surface area contributed by atoms with E-state index >= 15 is 0 Å². The third-order valence-corrected chi connectivity index (χ3v) is 7.54. The van der Waals surface area contributed by atoms with E-state index < -0.39 is 17.9 Å². The molecular formula is C27H29BrF3N7. The van der Waals surface area contributed by atoms with E-state index in [1.807, 2.05) is 12.1 Å². The standard InChI is InChI=1S/C27H29BrF3N7/c1-15-17(5-6-22(29)35-15)18(21-12-38(37-36-21)27(7-8-27)25(30)31)9-16-10-19-23(20(28)11-16)33-14-34-24(19)32-13-26(2,3)4/h5-6,10-12,14,18,25H,7-9,13H2,1-4H3,(H,32,33,34)/t18-/m0/s1. The van der Waals surface area contributed by atoms with Gasteiger partial charge in [0.05, 0.1) is 11.2 Å². The van der Waals surface area contributed by atoms with Gasteiger partial charge in [0.1, 0.15) is 17.7 Å². The molecule has 1 aromatic carbocycles. The summed E-state index contributed by atoms with van der Waals surface area (Å²) in [5, 5.41) is 12.7. The molecule has 1 atom stereocenters. The number of pyridine rings is 1. The van der Waals surface area contributed by atoms with Gasteiger partial charge in [-0.05, 0) is 76.9 Å². The average Bonchev–Trinajstić information content (AvgIpc) is 3.52. The molecule has 1 aliphatic carbocycles. The minimum Gasteiger partial charge on any atom is -0.369 e. The summed E-state index contributed by atoms with van der Waals surface area (Å²) in [4.78, 5) is 12.9. The van der Waals surface area contributed by atoms with Gasteiger partial charge in [0.15, 0.2) is 0 Å². The Labute approximate surface area is 227 Å². The highest BCUT2D eigenvalue weighted by Crippen LogP contribution is 2.48. The quantitative estimate of drug-likeness (QED) is 0.240. The maximum atomic E-state index is 13.9. The summed E-state index contributed by atoms with van der Waals surface area (Å²) in [7, 11) is 0. The van der Waals surface area contributed by atoms with E-state index in [2.05, 4.69) is 67.3 Å². The van der Waals surface area contributed by atoms with Crippen LogP contribution >= 0.6 is 15.9 Å². The van der Waals surface area contributed by atoms with Crippen LogP contribution in [0.1, 0.15) is 62.0 Å². The normalized spacial score (nSPS) is 15.7. The maximum absolute atomic E-state index is 13.9. The predicted molar refractivity (Wildman–Crippen MR) is 143 cm³/mol. The van der Waals surface area contributed by atoms with Crippen molar-refractivity contribution in [1.82, 2.24) is 29.9 Å². The lowest BCUT2D eigenvalue weighted by molar-refractivity contribution is 0.0593. The van der Waals surface area contributed by atoms with Crippen LogP contribution in [0.2, 0.25) is 0 Å². The summed E-state index contributed by atoms with van der Waals surface area (Å²) in [5.74, 6) is -0.240. The second-order valence-corrected chi connectivity index (χ2v) is 12.0. The molecule has 200 valence electrons. The lowest BCUT2D eigenvalue weighted by atomic mass is 9.88. The minimum atomic E-state index is -2.53. The van der Waals surface area contributed by atoms with Crippen molar-refractivity contribution in [2.24, 2.45) is 5.41 Å². The van der Waals surface area contributed by atoms with Crippen LogP contribution < -0.4 is 5.32 Å². The molecule has 38 heavy (non-hydrogen) atoms. The first-order valence-corrected chi connectivity index (χ1v) is 13.3. The van der Waals surface area contributed by atoms with Crippen molar-refractivity contribution in [3.8, 4) is 0 Å². The van der Waals surface area contributed by atoms with Gasteiger partial charge in [-0.3, -0.25) is 0 Å². The number of aromatic nitrogens is 6. The molecule has 11 heteroatoms. The van der Waals surface area contributed by atoms with Crippen molar-refractivity contribution >= 4 is 32.7 Å². The minimum absolute atomic E-state index is 0.0489. The van der Waals surface area contributed by atoms with Crippen molar-refractivity contribution in [3.63, 3.8) is 0 Å². The van der Waals surface area contributed by atoms with E-state index in [9.17, 15) is 13.2 Å². The molecule has 0 spiro atoms. The van der Waals surface area contributed by atoms with Gasteiger partial charge in [-0.25, -0.2) is 28.4 Å². The highest BCUT2D eigenvalue weighted by molar-refractivity contribution is 9.10. The smallest absolute Gasteiger partial charge is 0.263 e. The van der Waals surface area contributed by atoms with Crippen molar-refractivity contribution < 1.29 is 13.2 Å². The van der Waals surface area contributed by atoms with E-state index in [1.54, 1.807) is 19.2 Å². The molecule has 0 saturated heterocycles. The molecule has 5 rings (SSSR count). The van der Waals surface area contributed by atoms with Crippen molar-refractivity contribution in [1.29, 1.82) is 0 Å². The number of hydrogen-bond donors (Lipinski definition) is 1. The second-order valence-electron chi connectivity index (χ2n) is 11.2. The number of hydrogen-bond acceptors (Lipinski definition) is 6. The number of nitrogens with zero attached hydrogens (tertiary/aromatic N) is 6. The molecule has 3 aromatic heterocycles. The SMILES string of the molecule is Cc1nc(F)ccc1[C@H](Cc1cc(Br)c2ncnc(NCC(C)(C)C)c2c1)c1cn(C2(C(F)F)CC2)nn1. The number of anilines is 1. The van der Waals surface area contributed by atoms with Crippen LogP contribution in [0.4, 0.5) is 19.0 Å². The fraction of sp³-hybridized carbons (Fsp3) is 0.444.